The largest absolute Gasteiger partial charge is 0.472 e. The van der Waals surface area contributed by atoms with Crippen LogP contribution in [0.2, 0.25) is 0 Å². The minimum atomic E-state index is -4.42. The van der Waals surface area contributed by atoms with E-state index in [1.807, 2.05) is 21.1 Å². The maximum absolute atomic E-state index is 13.0. The summed E-state index contributed by atoms with van der Waals surface area (Å²) in [6.45, 7) is 4.49. The second-order valence-corrected chi connectivity index (χ2v) is 20.8. The summed E-state index contributed by atoms with van der Waals surface area (Å²) < 4.78 is 23.6. The smallest absolute Gasteiger partial charge is 0.390 e. The average molecular weight is 936 g/mol. The number of amides is 1. The molecular weight excluding hydrogens is 832 g/mol. The standard InChI is InChI=1S/C55H103N2O7P/c1-6-8-10-12-14-16-18-20-21-22-23-24-25-26-27-28-29-30-31-32-33-34-35-36-38-40-42-44-46-48-54(59)56-52(51-64-65(61,62)63-50-49-57(3,4)5)55(60)53(58)47-45-43-41-39-37-19-17-15-13-11-9-7-2/h8,10,14,16,20-21,23-24,26-27,52-53,55,58,60H,6-7,9,11-13,15,17-19,22,25,28-51H2,1-5H3,(H-,56,59,61,62)/p+1/b10-8-,16-14-,21-20-,24-23-,27-26-. The zero-order chi connectivity index (χ0) is 48.0. The van der Waals surface area contributed by atoms with E-state index >= 15 is 0 Å². The molecule has 10 heteroatoms. The Kier molecular flexibility index (Phi) is 44.6. The lowest BCUT2D eigenvalue weighted by Crippen LogP contribution is -2.51. The van der Waals surface area contributed by atoms with Crippen LogP contribution in [-0.4, -0.2) is 84.6 Å². The number of aliphatic hydroxyl groups excluding tert-OH is 2. The summed E-state index contributed by atoms with van der Waals surface area (Å²) in [5.41, 5.74) is 0. The van der Waals surface area contributed by atoms with Crippen molar-refractivity contribution < 1.29 is 38.0 Å². The number of carbonyl (C=O) groups is 1. The molecule has 0 aliphatic rings. The van der Waals surface area contributed by atoms with Crippen molar-refractivity contribution in [2.45, 2.75) is 244 Å². The molecule has 0 bridgehead atoms. The van der Waals surface area contributed by atoms with E-state index in [1.54, 1.807) is 0 Å². The summed E-state index contributed by atoms with van der Waals surface area (Å²) in [5, 5.41) is 24.8. The third kappa shape index (κ3) is 47.0. The number of aliphatic hydroxyl groups is 2. The highest BCUT2D eigenvalue weighted by atomic mass is 31.2. The Hall–Kier alpha value is -1.84. The van der Waals surface area contributed by atoms with Crippen molar-refractivity contribution in [3.8, 4) is 0 Å². The first-order chi connectivity index (χ1) is 31.4. The van der Waals surface area contributed by atoms with Gasteiger partial charge in [-0.15, -0.1) is 0 Å². The minimum Gasteiger partial charge on any atom is -0.390 e. The molecule has 0 fully saturated rings. The van der Waals surface area contributed by atoms with E-state index in [1.165, 1.54) is 122 Å². The van der Waals surface area contributed by atoms with Gasteiger partial charge in [-0.1, -0.05) is 222 Å². The number of phosphoric acid groups is 1. The molecule has 0 heterocycles. The Morgan fingerprint density at radius 1 is 0.554 bits per heavy atom. The Labute approximate surface area is 401 Å². The van der Waals surface area contributed by atoms with E-state index in [-0.39, 0.29) is 18.9 Å². The molecule has 4 unspecified atom stereocenters. The van der Waals surface area contributed by atoms with Gasteiger partial charge in [-0.25, -0.2) is 4.57 Å². The number of allylic oxidation sites excluding steroid dienone is 10. The molecule has 0 aromatic rings. The molecular formula is C55H104N2O7P+. The summed E-state index contributed by atoms with van der Waals surface area (Å²) in [7, 11) is 1.43. The van der Waals surface area contributed by atoms with Gasteiger partial charge in [-0.05, 0) is 57.8 Å². The number of unbranched alkanes of at least 4 members (excludes halogenated alkanes) is 24. The molecule has 0 radical (unpaired) electrons. The highest BCUT2D eigenvalue weighted by Gasteiger charge is 2.31. The SMILES string of the molecule is CC/C=C\C/C=C\C/C=C\C/C=C\C/C=C\CCCCCCCCCCCCCCCC(=O)NC(COP(=O)(O)OCC[N+](C)(C)C)C(O)C(O)CCCCCCCCCCCCCC. The maximum Gasteiger partial charge on any atom is 0.472 e. The predicted molar refractivity (Wildman–Crippen MR) is 278 cm³/mol. The lowest BCUT2D eigenvalue weighted by Gasteiger charge is -2.28. The molecule has 9 nitrogen and oxygen atoms in total. The number of phosphoric ester groups is 1. The fourth-order valence-corrected chi connectivity index (χ4v) is 8.38. The summed E-state index contributed by atoms with van der Waals surface area (Å²) in [4.78, 5) is 23.3. The van der Waals surface area contributed by atoms with Crippen LogP contribution in [0.5, 0.6) is 0 Å². The molecule has 1 amide bonds. The Morgan fingerprint density at radius 2 is 0.954 bits per heavy atom. The van der Waals surface area contributed by atoms with Gasteiger partial charge in [-0.3, -0.25) is 13.8 Å². The van der Waals surface area contributed by atoms with Gasteiger partial charge < -0.3 is 24.9 Å². The lowest BCUT2D eigenvalue weighted by molar-refractivity contribution is -0.870. The topological polar surface area (TPSA) is 125 Å². The summed E-state index contributed by atoms with van der Waals surface area (Å²) in [6.07, 6.45) is 57.2. The van der Waals surface area contributed by atoms with Crippen LogP contribution >= 0.6 is 7.82 Å². The molecule has 380 valence electrons. The number of nitrogens with zero attached hydrogens (tertiary/aromatic N) is 1. The highest BCUT2D eigenvalue weighted by molar-refractivity contribution is 7.47. The van der Waals surface area contributed by atoms with E-state index in [9.17, 15) is 24.5 Å². The van der Waals surface area contributed by atoms with Gasteiger partial charge in [0.15, 0.2) is 0 Å². The van der Waals surface area contributed by atoms with Crippen LogP contribution in [0, 0.1) is 0 Å². The molecule has 0 aromatic heterocycles. The van der Waals surface area contributed by atoms with Crippen molar-refractivity contribution in [2.24, 2.45) is 0 Å². The van der Waals surface area contributed by atoms with E-state index < -0.39 is 32.7 Å². The number of hydrogen-bond donors (Lipinski definition) is 4. The quantitative estimate of drug-likeness (QED) is 0.0207. The normalized spacial score (nSPS) is 15.0. The number of likely N-dealkylation sites (N-methyl/N-ethyl adjacent to an activating group) is 1. The first kappa shape index (κ1) is 63.2. The summed E-state index contributed by atoms with van der Waals surface area (Å²) in [5.74, 6) is -0.261. The Balaban J connectivity index is 4.21. The molecule has 65 heavy (non-hydrogen) atoms. The fourth-order valence-electron chi connectivity index (χ4n) is 7.64. The molecule has 0 aromatic carbocycles. The van der Waals surface area contributed by atoms with Crippen molar-refractivity contribution in [1.82, 2.24) is 5.32 Å². The Morgan fingerprint density at radius 3 is 1.40 bits per heavy atom. The highest BCUT2D eigenvalue weighted by Crippen LogP contribution is 2.43. The second-order valence-electron chi connectivity index (χ2n) is 19.4. The number of rotatable bonds is 48. The monoisotopic (exact) mass is 936 g/mol. The molecule has 4 N–H and O–H groups in total. The van der Waals surface area contributed by atoms with Crippen LogP contribution in [-0.2, 0) is 18.4 Å². The van der Waals surface area contributed by atoms with Crippen molar-refractivity contribution in [1.29, 1.82) is 0 Å². The van der Waals surface area contributed by atoms with Crippen molar-refractivity contribution in [3.05, 3.63) is 60.8 Å². The molecule has 0 aliphatic carbocycles. The van der Waals surface area contributed by atoms with E-state index in [0.29, 0.717) is 17.4 Å². The number of nitrogens with one attached hydrogen (secondary N) is 1. The third-order valence-electron chi connectivity index (χ3n) is 11.9. The minimum absolute atomic E-state index is 0.0202. The van der Waals surface area contributed by atoms with Crippen LogP contribution in [0.15, 0.2) is 60.8 Å². The average Bonchev–Trinajstić information content (AvgIpc) is 3.26. The van der Waals surface area contributed by atoms with Gasteiger partial charge in [0.2, 0.25) is 5.91 Å². The van der Waals surface area contributed by atoms with Crippen LogP contribution in [0.4, 0.5) is 0 Å². The fraction of sp³-hybridized carbons (Fsp3) is 0.800. The zero-order valence-electron chi connectivity index (χ0n) is 42.8. The molecule has 4 atom stereocenters. The van der Waals surface area contributed by atoms with Gasteiger partial charge in [0.05, 0.1) is 39.9 Å². The molecule has 0 rings (SSSR count). The van der Waals surface area contributed by atoms with Crippen LogP contribution in [0.1, 0.15) is 226 Å². The molecule has 0 spiro atoms. The van der Waals surface area contributed by atoms with Crippen LogP contribution < -0.4 is 5.32 Å². The number of quaternary nitrogens is 1. The van der Waals surface area contributed by atoms with E-state index in [0.717, 1.165) is 77.0 Å². The summed E-state index contributed by atoms with van der Waals surface area (Å²) in [6, 6.07) is -1.04. The summed E-state index contributed by atoms with van der Waals surface area (Å²) >= 11 is 0. The van der Waals surface area contributed by atoms with Gasteiger partial charge in [0.1, 0.15) is 19.3 Å². The van der Waals surface area contributed by atoms with Gasteiger partial charge in [0, 0.05) is 6.42 Å². The molecule has 0 saturated carbocycles. The predicted octanol–water partition coefficient (Wildman–Crippen LogP) is 14.7. The van der Waals surface area contributed by atoms with Crippen molar-refractivity contribution in [2.75, 3.05) is 40.9 Å². The van der Waals surface area contributed by atoms with Crippen LogP contribution in [0.3, 0.4) is 0 Å². The Bertz CT molecular complexity index is 1260. The molecule has 0 aliphatic heterocycles. The third-order valence-corrected chi connectivity index (χ3v) is 12.9. The van der Waals surface area contributed by atoms with Gasteiger partial charge in [-0.2, -0.15) is 0 Å². The van der Waals surface area contributed by atoms with Gasteiger partial charge >= 0.3 is 7.82 Å². The van der Waals surface area contributed by atoms with Gasteiger partial charge in [0.25, 0.3) is 0 Å². The number of carbonyl (C=O) groups excluding carboxylic acids is 1. The van der Waals surface area contributed by atoms with Crippen LogP contribution in [0.25, 0.3) is 0 Å². The number of hydrogen-bond acceptors (Lipinski definition) is 6. The van der Waals surface area contributed by atoms with Crippen molar-refractivity contribution in [3.63, 3.8) is 0 Å². The van der Waals surface area contributed by atoms with E-state index in [2.05, 4.69) is 79.9 Å². The second kappa shape index (κ2) is 45.9. The lowest BCUT2D eigenvalue weighted by atomic mass is 9.99. The first-order valence-electron chi connectivity index (χ1n) is 26.7. The maximum atomic E-state index is 13.0. The van der Waals surface area contributed by atoms with E-state index in [4.69, 9.17) is 9.05 Å². The van der Waals surface area contributed by atoms with Crippen molar-refractivity contribution >= 4 is 13.7 Å². The molecule has 0 saturated heterocycles. The first-order valence-corrected chi connectivity index (χ1v) is 28.2. The zero-order valence-corrected chi connectivity index (χ0v) is 43.7.